The number of carbonyl (C=O) groups excluding carboxylic acids is 1. The first kappa shape index (κ1) is 19.1. The van der Waals surface area contributed by atoms with Gasteiger partial charge in [-0.1, -0.05) is 48.5 Å². The number of sulfonamides is 1. The Morgan fingerprint density at radius 1 is 0.933 bits per heavy atom. The van der Waals surface area contributed by atoms with Crippen LogP contribution in [0.4, 0.5) is 0 Å². The monoisotopic (exact) mass is 422 g/mol. The highest BCUT2D eigenvalue weighted by Gasteiger charge is 2.41. The molecule has 0 saturated carbocycles. The lowest BCUT2D eigenvalue weighted by molar-refractivity contribution is 0.0861. The van der Waals surface area contributed by atoms with Gasteiger partial charge in [-0.15, -0.1) is 0 Å². The molecule has 0 radical (unpaired) electrons. The molecule has 0 N–H and O–H groups in total. The Morgan fingerprint density at radius 3 is 2.57 bits per heavy atom. The fraction of sp³-hybridized carbons (Fsp3) is 0.261. The summed E-state index contributed by atoms with van der Waals surface area (Å²) < 4.78 is 32.6. The molecule has 7 heteroatoms. The molecular weight excluding hydrogens is 400 g/mol. The number of likely N-dealkylation sites (tertiary alicyclic amines) is 1. The Labute approximate surface area is 175 Å². The highest BCUT2D eigenvalue weighted by atomic mass is 32.2. The van der Waals surface area contributed by atoms with E-state index in [0.29, 0.717) is 13.1 Å². The van der Waals surface area contributed by atoms with Gasteiger partial charge in [0.2, 0.25) is 0 Å². The average molecular weight is 423 g/mol. The lowest BCUT2D eigenvalue weighted by Gasteiger charge is -2.21. The second kappa shape index (κ2) is 7.41. The predicted molar refractivity (Wildman–Crippen MR) is 114 cm³/mol. The van der Waals surface area contributed by atoms with Crippen LogP contribution in [0.2, 0.25) is 0 Å². The number of benzene rings is 3. The van der Waals surface area contributed by atoms with Crippen LogP contribution < -0.4 is 4.74 Å². The molecule has 1 fully saturated rings. The van der Waals surface area contributed by atoms with Crippen molar-refractivity contribution in [2.45, 2.75) is 17.4 Å². The van der Waals surface area contributed by atoms with Gasteiger partial charge in [-0.05, 0) is 30.0 Å². The molecule has 0 bridgehead atoms. The molecule has 6 nitrogen and oxygen atoms in total. The maximum Gasteiger partial charge on any atom is 0.269 e. The van der Waals surface area contributed by atoms with E-state index in [0.717, 1.165) is 33.8 Å². The number of rotatable bonds is 5. The molecule has 3 aromatic carbocycles. The van der Waals surface area contributed by atoms with Gasteiger partial charge in [-0.2, -0.15) is 0 Å². The van der Waals surface area contributed by atoms with Crippen molar-refractivity contribution in [3.63, 3.8) is 0 Å². The second-order valence-electron chi connectivity index (χ2n) is 7.68. The van der Waals surface area contributed by atoms with Crippen LogP contribution in [0, 0.1) is 0 Å². The molecule has 1 saturated heterocycles. The van der Waals surface area contributed by atoms with E-state index in [1.165, 1.54) is 6.07 Å². The number of fused-ring (bicyclic) bond motifs is 2. The van der Waals surface area contributed by atoms with Gasteiger partial charge in [0.1, 0.15) is 16.7 Å². The van der Waals surface area contributed by atoms with E-state index in [1.807, 2.05) is 24.3 Å². The van der Waals surface area contributed by atoms with Gasteiger partial charge in [0, 0.05) is 25.0 Å². The number of hydrogen-bond acceptors (Lipinski definition) is 5. The maximum atomic E-state index is 12.7. The van der Waals surface area contributed by atoms with Gasteiger partial charge in [0.05, 0.1) is 12.1 Å². The zero-order valence-corrected chi connectivity index (χ0v) is 17.2. The zero-order valence-electron chi connectivity index (χ0n) is 16.4. The van der Waals surface area contributed by atoms with Crippen LogP contribution in [-0.2, 0) is 10.0 Å². The third-order valence-corrected chi connectivity index (χ3v) is 7.64. The van der Waals surface area contributed by atoms with Gasteiger partial charge in [-0.25, -0.2) is 12.7 Å². The summed E-state index contributed by atoms with van der Waals surface area (Å²) in [6, 6.07) is 20.6. The maximum absolute atomic E-state index is 12.7. The van der Waals surface area contributed by atoms with Crippen LogP contribution in [0.15, 0.2) is 71.6 Å². The van der Waals surface area contributed by atoms with E-state index in [9.17, 15) is 13.2 Å². The molecule has 1 unspecified atom stereocenters. The number of carbonyl (C=O) groups is 1. The predicted octanol–water partition coefficient (Wildman–Crippen LogP) is 3.14. The quantitative estimate of drug-likeness (QED) is 0.632. The van der Waals surface area contributed by atoms with Crippen LogP contribution in [-0.4, -0.2) is 55.8 Å². The molecule has 5 rings (SSSR count). The standard InChI is InChI=1S/C23H22N2O4S/c26-23-20-9-3-4-11-22(20)30(27,28)25(23)15-14-24-13-12-18(16-24)29-21-10-5-7-17-6-1-2-8-19(17)21/h1-11,18H,12-16H2. The smallest absolute Gasteiger partial charge is 0.269 e. The lowest BCUT2D eigenvalue weighted by Crippen LogP contribution is -2.38. The zero-order chi connectivity index (χ0) is 20.7. The Hall–Kier alpha value is -2.90. The fourth-order valence-electron chi connectivity index (χ4n) is 4.26. The van der Waals surface area contributed by atoms with Gasteiger partial charge in [-0.3, -0.25) is 9.69 Å². The van der Waals surface area contributed by atoms with Crippen molar-refractivity contribution in [3.8, 4) is 5.75 Å². The average Bonchev–Trinajstić information content (AvgIpc) is 3.28. The Bertz CT molecular complexity index is 1220. The third kappa shape index (κ3) is 3.24. The Morgan fingerprint density at radius 2 is 1.70 bits per heavy atom. The number of ether oxygens (including phenoxy) is 1. The summed E-state index contributed by atoms with van der Waals surface area (Å²) in [7, 11) is -3.75. The van der Waals surface area contributed by atoms with Gasteiger partial charge < -0.3 is 4.74 Å². The normalized spacial score (nSPS) is 20.6. The molecule has 2 aliphatic heterocycles. The third-order valence-electron chi connectivity index (χ3n) is 5.80. The fourth-order valence-corrected chi connectivity index (χ4v) is 5.82. The first-order chi connectivity index (χ1) is 14.5. The van der Waals surface area contributed by atoms with Crippen molar-refractivity contribution in [2.75, 3.05) is 26.2 Å². The van der Waals surface area contributed by atoms with Crippen molar-refractivity contribution in [3.05, 3.63) is 72.3 Å². The summed E-state index contributed by atoms with van der Waals surface area (Å²) in [5, 5.41) is 2.23. The second-order valence-corrected chi connectivity index (χ2v) is 9.52. The molecule has 2 aliphatic rings. The highest BCUT2D eigenvalue weighted by molar-refractivity contribution is 7.90. The summed E-state index contributed by atoms with van der Waals surface area (Å²) >= 11 is 0. The van der Waals surface area contributed by atoms with E-state index in [1.54, 1.807) is 18.2 Å². The largest absolute Gasteiger partial charge is 0.488 e. The minimum atomic E-state index is -3.75. The minimum Gasteiger partial charge on any atom is -0.488 e. The van der Waals surface area contributed by atoms with Crippen molar-refractivity contribution >= 4 is 26.7 Å². The highest BCUT2D eigenvalue weighted by Crippen LogP contribution is 2.30. The van der Waals surface area contributed by atoms with Crippen LogP contribution in [0.5, 0.6) is 5.75 Å². The summed E-state index contributed by atoms with van der Waals surface area (Å²) in [5.41, 5.74) is 0.260. The topological polar surface area (TPSA) is 66.9 Å². The summed E-state index contributed by atoms with van der Waals surface area (Å²) in [4.78, 5) is 14.8. The van der Waals surface area contributed by atoms with E-state index >= 15 is 0 Å². The van der Waals surface area contributed by atoms with Gasteiger partial charge >= 0.3 is 0 Å². The van der Waals surface area contributed by atoms with Crippen LogP contribution in [0.1, 0.15) is 16.8 Å². The van der Waals surface area contributed by atoms with Crippen molar-refractivity contribution in [2.24, 2.45) is 0 Å². The first-order valence-corrected chi connectivity index (χ1v) is 11.5. The number of nitrogens with zero attached hydrogens (tertiary/aromatic N) is 2. The SMILES string of the molecule is O=C1c2ccccc2S(=O)(=O)N1CCN1CCC(Oc2cccc3ccccc23)C1. The molecule has 0 spiro atoms. The van der Waals surface area contributed by atoms with Crippen molar-refractivity contribution in [1.82, 2.24) is 9.21 Å². The molecule has 1 atom stereocenters. The van der Waals surface area contributed by atoms with Crippen molar-refractivity contribution in [1.29, 1.82) is 0 Å². The first-order valence-electron chi connectivity index (χ1n) is 10.1. The molecular formula is C23H22N2O4S. The lowest BCUT2D eigenvalue weighted by atomic mass is 10.1. The number of amides is 1. The van der Waals surface area contributed by atoms with E-state index in [4.69, 9.17) is 4.74 Å². The van der Waals surface area contributed by atoms with E-state index in [-0.39, 0.29) is 23.1 Å². The summed E-state index contributed by atoms with van der Waals surface area (Å²) in [6.07, 6.45) is 0.906. The molecule has 30 heavy (non-hydrogen) atoms. The summed E-state index contributed by atoms with van der Waals surface area (Å²) in [5.74, 6) is 0.432. The molecule has 0 aliphatic carbocycles. The minimum absolute atomic E-state index is 0.0406. The molecule has 154 valence electrons. The molecule has 1 amide bonds. The van der Waals surface area contributed by atoms with E-state index < -0.39 is 15.9 Å². The molecule has 3 aromatic rings. The Balaban J connectivity index is 1.23. The Kier molecular flexibility index (Phi) is 4.72. The molecule has 0 aromatic heterocycles. The van der Waals surface area contributed by atoms with Crippen LogP contribution >= 0.6 is 0 Å². The van der Waals surface area contributed by atoms with Gasteiger partial charge in [0.15, 0.2) is 0 Å². The van der Waals surface area contributed by atoms with E-state index in [2.05, 4.69) is 23.1 Å². The van der Waals surface area contributed by atoms with Gasteiger partial charge in [0.25, 0.3) is 15.9 Å². The van der Waals surface area contributed by atoms with Crippen LogP contribution in [0.3, 0.4) is 0 Å². The number of hydrogen-bond donors (Lipinski definition) is 0. The molecule has 2 heterocycles. The van der Waals surface area contributed by atoms with Crippen LogP contribution in [0.25, 0.3) is 10.8 Å². The van der Waals surface area contributed by atoms with Crippen molar-refractivity contribution < 1.29 is 17.9 Å². The summed E-state index contributed by atoms with van der Waals surface area (Å²) in [6.45, 7) is 2.16.